The molecule has 10 heteroatoms. The van der Waals surface area contributed by atoms with Crippen molar-refractivity contribution in [2.24, 2.45) is 0 Å². The molecule has 5 rings (SSSR count). The van der Waals surface area contributed by atoms with Crippen molar-refractivity contribution >= 4 is 46.3 Å². The summed E-state index contributed by atoms with van der Waals surface area (Å²) < 4.78 is 0. The van der Waals surface area contributed by atoms with E-state index in [9.17, 15) is 29.6 Å². The number of nitrogens with one attached hydrogen (secondary N) is 1. The van der Waals surface area contributed by atoms with Crippen molar-refractivity contribution in [3.63, 3.8) is 0 Å². The molecule has 9 nitrogen and oxygen atoms in total. The van der Waals surface area contributed by atoms with Gasteiger partial charge in [-0.3, -0.25) is 29.4 Å². The number of Topliss-reactive ketones (excluding diaryl/α,β-unsaturated/α-hetero) is 1. The second-order valence-corrected chi connectivity index (χ2v) is 9.96. The fourth-order valence-corrected chi connectivity index (χ4v) is 5.42. The van der Waals surface area contributed by atoms with Crippen LogP contribution < -0.4 is 10.2 Å². The van der Waals surface area contributed by atoms with Gasteiger partial charge in [0, 0.05) is 41.3 Å². The van der Waals surface area contributed by atoms with E-state index in [-0.39, 0.29) is 30.2 Å². The number of nitro benzene ring substituents is 1. The number of nitrogens with zero attached hydrogens (tertiary/aromatic N) is 2. The molecule has 39 heavy (non-hydrogen) atoms. The van der Waals surface area contributed by atoms with E-state index in [1.165, 1.54) is 23.1 Å². The Balaban J connectivity index is 1.70. The summed E-state index contributed by atoms with van der Waals surface area (Å²) in [5.41, 5.74) is 3.13. The minimum atomic E-state index is -1.13. The van der Waals surface area contributed by atoms with E-state index in [0.717, 1.165) is 5.56 Å². The van der Waals surface area contributed by atoms with Gasteiger partial charge in [0.15, 0.2) is 5.78 Å². The molecule has 3 aromatic rings. The summed E-state index contributed by atoms with van der Waals surface area (Å²) in [6.07, 6.45) is -0.0783. The highest BCUT2D eigenvalue weighted by molar-refractivity contribution is 6.30. The average Bonchev–Trinajstić information content (AvgIpc) is 3.07. The number of rotatable bonds is 6. The van der Waals surface area contributed by atoms with Crippen LogP contribution in [-0.4, -0.2) is 27.7 Å². The number of hydrogen-bond donors (Lipinski definition) is 2. The molecule has 0 radical (unpaired) electrons. The molecule has 2 N–H and O–H groups in total. The number of anilines is 2. The van der Waals surface area contributed by atoms with Crippen molar-refractivity contribution in [1.29, 1.82) is 0 Å². The SMILES string of the molecule is O=C(O)CCC(=O)N1c2ccccc2NC2=C(C(=O)C[C@H](c3ccc(Cl)cc3)C2)[C@H]1c1cccc([N+](=O)[O-])c1. The van der Waals surface area contributed by atoms with Crippen molar-refractivity contribution in [2.45, 2.75) is 37.6 Å². The van der Waals surface area contributed by atoms with Gasteiger partial charge in [-0.15, -0.1) is 0 Å². The zero-order valence-electron chi connectivity index (χ0n) is 20.7. The molecule has 0 aromatic heterocycles. The van der Waals surface area contributed by atoms with Gasteiger partial charge in [-0.1, -0.05) is 48.0 Å². The molecule has 3 aromatic carbocycles. The van der Waals surface area contributed by atoms with Crippen LogP contribution in [0.4, 0.5) is 17.1 Å². The number of ketones is 1. The summed E-state index contributed by atoms with van der Waals surface area (Å²) in [5.74, 6) is -1.99. The van der Waals surface area contributed by atoms with Gasteiger partial charge in [0.2, 0.25) is 5.91 Å². The molecule has 1 heterocycles. The number of carboxylic acid groups (broad SMARTS) is 1. The van der Waals surface area contributed by atoms with Gasteiger partial charge in [0.05, 0.1) is 28.8 Å². The number of fused-ring (bicyclic) bond motifs is 1. The number of carbonyl (C=O) groups excluding carboxylic acids is 2. The largest absolute Gasteiger partial charge is 0.481 e. The van der Waals surface area contributed by atoms with Crippen LogP contribution in [0, 0.1) is 10.1 Å². The molecule has 0 unspecified atom stereocenters. The van der Waals surface area contributed by atoms with E-state index in [0.29, 0.717) is 39.7 Å². The van der Waals surface area contributed by atoms with Crippen molar-refractivity contribution in [3.05, 3.63) is 110 Å². The Bertz CT molecular complexity index is 1520. The molecule has 2 aliphatic rings. The molecular weight excluding hydrogens is 522 g/mol. The summed E-state index contributed by atoms with van der Waals surface area (Å²) in [7, 11) is 0. The van der Waals surface area contributed by atoms with Crippen LogP contribution in [0.15, 0.2) is 84.1 Å². The van der Waals surface area contributed by atoms with Gasteiger partial charge in [-0.25, -0.2) is 0 Å². The molecule has 0 bridgehead atoms. The molecule has 0 saturated heterocycles. The van der Waals surface area contributed by atoms with Gasteiger partial charge in [-0.05, 0) is 47.7 Å². The van der Waals surface area contributed by atoms with Crippen molar-refractivity contribution in [1.82, 2.24) is 0 Å². The Kier molecular flexibility index (Phi) is 7.17. The van der Waals surface area contributed by atoms with Gasteiger partial charge in [0.25, 0.3) is 5.69 Å². The Morgan fingerprint density at radius 2 is 1.74 bits per heavy atom. The van der Waals surface area contributed by atoms with Crippen LogP contribution in [-0.2, 0) is 14.4 Å². The zero-order chi connectivity index (χ0) is 27.7. The normalized spacial score (nSPS) is 18.5. The molecule has 1 amide bonds. The lowest BCUT2D eigenvalue weighted by molar-refractivity contribution is -0.384. The van der Waals surface area contributed by atoms with Crippen LogP contribution >= 0.6 is 11.6 Å². The van der Waals surface area contributed by atoms with Crippen LogP contribution in [0.25, 0.3) is 0 Å². The summed E-state index contributed by atoms with van der Waals surface area (Å²) in [6.45, 7) is 0. The maximum Gasteiger partial charge on any atom is 0.303 e. The Hall–Kier alpha value is -4.50. The van der Waals surface area contributed by atoms with Gasteiger partial charge < -0.3 is 10.4 Å². The molecule has 1 aliphatic heterocycles. The quantitative estimate of drug-likeness (QED) is 0.286. The van der Waals surface area contributed by atoms with Crippen LogP contribution in [0.2, 0.25) is 5.02 Å². The number of benzene rings is 3. The zero-order valence-corrected chi connectivity index (χ0v) is 21.4. The first-order valence-electron chi connectivity index (χ1n) is 12.4. The molecule has 0 fully saturated rings. The minimum absolute atomic E-state index is 0.145. The number of allylic oxidation sites excluding steroid dienone is 1. The highest BCUT2D eigenvalue weighted by Crippen LogP contribution is 2.48. The predicted octanol–water partition coefficient (Wildman–Crippen LogP) is 6.01. The first kappa shape index (κ1) is 26.1. The van der Waals surface area contributed by atoms with Gasteiger partial charge in [0.1, 0.15) is 0 Å². The second kappa shape index (κ2) is 10.7. The number of non-ortho nitro benzene ring substituents is 1. The average molecular weight is 546 g/mol. The Morgan fingerprint density at radius 1 is 1.00 bits per heavy atom. The predicted molar refractivity (Wildman–Crippen MR) is 146 cm³/mol. The standard InChI is InChI=1S/C29H24ClN3O6/c30-20-10-8-17(9-11-20)19-15-23-28(25(34)16-19)29(18-4-3-5-21(14-18)33(38)39)32(26(35)12-13-27(36)37)24-7-2-1-6-22(24)31-23/h1-11,14,19,29,31H,12-13,15-16H2,(H,36,37)/t19-,29-/m1/s1. The number of carboxylic acids is 1. The topological polar surface area (TPSA) is 130 Å². The number of aliphatic carboxylic acids is 1. The first-order valence-corrected chi connectivity index (χ1v) is 12.8. The number of nitro groups is 1. The van der Waals surface area contributed by atoms with E-state index < -0.39 is 29.3 Å². The highest BCUT2D eigenvalue weighted by atomic mass is 35.5. The lowest BCUT2D eigenvalue weighted by atomic mass is 9.78. The van der Waals surface area contributed by atoms with Crippen LogP contribution in [0.5, 0.6) is 0 Å². The third-order valence-corrected chi connectivity index (χ3v) is 7.30. The van der Waals surface area contributed by atoms with E-state index >= 15 is 0 Å². The third-order valence-electron chi connectivity index (χ3n) is 7.05. The van der Waals surface area contributed by atoms with E-state index in [4.69, 9.17) is 11.6 Å². The highest BCUT2D eigenvalue weighted by Gasteiger charge is 2.42. The maximum atomic E-state index is 13.9. The summed E-state index contributed by atoms with van der Waals surface area (Å²) in [4.78, 5) is 51.4. The molecule has 0 spiro atoms. The smallest absolute Gasteiger partial charge is 0.303 e. The van der Waals surface area contributed by atoms with E-state index in [1.54, 1.807) is 42.5 Å². The minimum Gasteiger partial charge on any atom is -0.481 e. The van der Waals surface area contributed by atoms with Crippen molar-refractivity contribution in [3.8, 4) is 0 Å². The van der Waals surface area contributed by atoms with E-state index in [2.05, 4.69) is 5.32 Å². The third kappa shape index (κ3) is 5.26. The summed E-state index contributed by atoms with van der Waals surface area (Å²) in [6, 6.07) is 19.2. The first-order chi connectivity index (χ1) is 18.7. The Labute approximate surface area is 228 Å². The Morgan fingerprint density at radius 3 is 2.46 bits per heavy atom. The van der Waals surface area contributed by atoms with Crippen molar-refractivity contribution in [2.75, 3.05) is 10.2 Å². The summed E-state index contributed by atoms with van der Waals surface area (Å²) in [5, 5.41) is 24.8. The van der Waals surface area contributed by atoms with E-state index in [1.807, 2.05) is 12.1 Å². The molecular formula is C29H24ClN3O6. The van der Waals surface area contributed by atoms with Gasteiger partial charge >= 0.3 is 5.97 Å². The molecule has 2 atom stereocenters. The lowest BCUT2D eigenvalue weighted by Gasteiger charge is -2.35. The second-order valence-electron chi connectivity index (χ2n) is 9.53. The number of amides is 1. The lowest BCUT2D eigenvalue weighted by Crippen LogP contribution is -2.38. The van der Waals surface area contributed by atoms with Crippen molar-refractivity contribution < 1.29 is 24.4 Å². The molecule has 0 saturated carbocycles. The molecule has 1 aliphatic carbocycles. The fraction of sp³-hybridized carbons (Fsp3) is 0.207. The number of hydrogen-bond acceptors (Lipinski definition) is 6. The maximum absolute atomic E-state index is 13.9. The number of halogens is 1. The number of carbonyl (C=O) groups is 3. The van der Waals surface area contributed by atoms with Crippen LogP contribution in [0.3, 0.4) is 0 Å². The van der Waals surface area contributed by atoms with Crippen LogP contribution in [0.1, 0.15) is 48.8 Å². The van der Waals surface area contributed by atoms with Gasteiger partial charge in [-0.2, -0.15) is 0 Å². The monoisotopic (exact) mass is 545 g/mol. The number of para-hydroxylation sites is 2. The summed E-state index contributed by atoms with van der Waals surface area (Å²) >= 11 is 6.07. The fourth-order valence-electron chi connectivity index (χ4n) is 5.29. The molecule has 198 valence electrons.